The topological polar surface area (TPSA) is 86.3 Å². The second-order valence-corrected chi connectivity index (χ2v) is 8.11. The zero-order chi connectivity index (χ0) is 21.2. The summed E-state index contributed by atoms with van der Waals surface area (Å²) in [6.07, 6.45) is 2.69. The van der Waals surface area contributed by atoms with E-state index in [4.69, 9.17) is 0 Å². The van der Waals surface area contributed by atoms with Gasteiger partial charge in [0.25, 0.3) is 0 Å². The number of aromatic nitrogens is 3. The summed E-state index contributed by atoms with van der Waals surface area (Å²) in [6.45, 7) is 4.43. The number of rotatable bonds is 6. The van der Waals surface area contributed by atoms with Gasteiger partial charge in [-0.2, -0.15) is 4.98 Å². The van der Waals surface area contributed by atoms with E-state index in [0.29, 0.717) is 24.0 Å². The molecule has 1 aromatic heterocycles. The third-order valence-corrected chi connectivity index (χ3v) is 5.84. The number of hydrogen-bond acceptors (Lipinski definition) is 7. The molecule has 0 unspecified atom stereocenters. The van der Waals surface area contributed by atoms with E-state index in [1.165, 1.54) is 12.5 Å². The number of fused-ring (bicyclic) bond motifs is 2. The van der Waals surface area contributed by atoms with Crippen LogP contribution in [0.3, 0.4) is 0 Å². The Morgan fingerprint density at radius 1 is 1.03 bits per heavy atom. The van der Waals surface area contributed by atoms with Crippen LogP contribution < -0.4 is 15.5 Å². The van der Waals surface area contributed by atoms with E-state index in [9.17, 15) is 4.79 Å². The fourth-order valence-corrected chi connectivity index (χ4v) is 4.50. The quantitative estimate of drug-likeness (QED) is 0.640. The SMILES string of the molecule is CC(=O)Nc1cccc(Nc2ncnc(N3C[C@@H]4C[C@@H]3CN4Cc3ccccc3)n2)c1. The Kier molecular flexibility index (Phi) is 5.21. The summed E-state index contributed by atoms with van der Waals surface area (Å²) in [5, 5.41) is 6.00. The molecule has 2 aromatic carbocycles. The van der Waals surface area contributed by atoms with Gasteiger partial charge in [0, 0.05) is 50.0 Å². The lowest BCUT2D eigenvalue weighted by atomic mass is 10.2. The van der Waals surface area contributed by atoms with Crippen molar-refractivity contribution in [3.63, 3.8) is 0 Å². The third kappa shape index (κ3) is 4.34. The molecule has 2 atom stereocenters. The number of hydrogen-bond donors (Lipinski definition) is 2. The number of piperazine rings is 1. The Balaban J connectivity index is 1.25. The highest BCUT2D eigenvalue weighted by molar-refractivity contribution is 5.89. The van der Waals surface area contributed by atoms with Crippen molar-refractivity contribution in [1.82, 2.24) is 19.9 Å². The predicted octanol–water partition coefficient (Wildman–Crippen LogP) is 3.04. The molecule has 8 heteroatoms. The van der Waals surface area contributed by atoms with E-state index < -0.39 is 0 Å². The van der Waals surface area contributed by atoms with Gasteiger partial charge in [-0.25, -0.2) is 9.97 Å². The molecule has 5 rings (SSSR count). The highest BCUT2D eigenvalue weighted by Crippen LogP contribution is 2.34. The van der Waals surface area contributed by atoms with Crippen LogP contribution >= 0.6 is 0 Å². The molecule has 3 aromatic rings. The molecule has 1 amide bonds. The van der Waals surface area contributed by atoms with Gasteiger partial charge in [-0.15, -0.1) is 0 Å². The highest BCUT2D eigenvalue weighted by Gasteiger charge is 2.44. The zero-order valence-corrected chi connectivity index (χ0v) is 17.4. The smallest absolute Gasteiger partial charge is 0.232 e. The number of carbonyl (C=O) groups excluding carboxylic acids is 1. The molecule has 0 saturated carbocycles. The van der Waals surface area contributed by atoms with Crippen molar-refractivity contribution >= 4 is 29.2 Å². The summed E-state index contributed by atoms with van der Waals surface area (Å²) in [4.78, 5) is 29.5. The molecule has 2 N–H and O–H groups in total. The average Bonchev–Trinajstić information content (AvgIpc) is 3.35. The number of benzene rings is 2. The van der Waals surface area contributed by atoms with Gasteiger partial charge in [0.05, 0.1) is 0 Å². The molecular formula is C23H25N7O. The van der Waals surface area contributed by atoms with Crippen molar-refractivity contribution in [2.75, 3.05) is 28.6 Å². The van der Waals surface area contributed by atoms with Crippen LogP contribution in [0.4, 0.5) is 23.3 Å². The minimum Gasteiger partial charge on any atom is -0.335 e. The molecule has 2 fully saturated rings. The monoisotopic (exact) mass is 415 g/mol. The molecule has 2 bridgehead atoms. The second kappa shape index (κ2) is 8.31. The normalized spacial score (nSPS) is 20.1. The van der Waals surface area contributed by atoms with Gasteiger partial charge in [-0.3, -0.25) is 9.69 Å². The van der Waals surface area contributed by atoms with Gasteiger partial charge in [0.15, 0.2) is 0 Å². The van der Waals surface area contributed by atoms with Gasteiger partial charge in [-0.1, -0.05) is 36.4 Å². The lowest BCUT2D eigenvalue weighted by Crippen LogP contribution is -2.46. The van der Waals surface area contributed by atoms with Crippen LogP contribution in [-0.2, 0) is 11.3 Å². The lowest BCUT2D eigenvalue weighted by Gasteiger charge is -2.34. The molecule has 0 spiro atoms. The predicted molar refractivity (Wildman–Crippen MR) is 120 cm³/mol. The maximum atomic E-state index is 11.3. The summed E-state index contributed by atoms with van der Waals surface area (Å²) in [5.41, 5.74) is 2.89. The summed E-state index contributed by atoms with van der Waals surface area (Å²) < 4.78 is 0. The average molecular weight is 416 g/mol. The number of anilines is 4. The highest BCUT2D eigenvalue weighted by atomic mass is 16.1. The second-order valence-electron chi connectivity index (χ2n) is 8.11. The Hall–Kier alpha value is -3.52. The molecular weight excluding hydrogens is 390 g/mol. The van der Waals surface area contributed by atoms with E-state index in [-0.39, 0.29) is 5.91 Å². The molecule has 0 aliphatic carbocycles. The van der Waals surface area contributed by atoms with Crippen molar-refractivity contribution in [3.05, 3.63) is 66.5 Å². The summed E-state index contributed by atoms with van der Waals surface area (Å²) >= 11 is 0. The Labute approximate surface area is 181 Å². The third-order valence-electron chi connectivity index (χ3n) is 5.84. The maximum Gasteiger partial charge on any atom is 0.232 e. The van der Waals surface area contributed by atoms with Gasteiger partial charge >= 0.3 is 0 Å². The first-order valence-electron chi connectivity index (χ1n) is 10.5. The fraction of sp³-hybridized carbons (Fsp3) is 0.304. The van der Waals surface area contributed by atoms with Crippen molar-refractivity contribution < 1.29 is 4.79 Å². The molecule has 0 radical (unpaired) electrons. The van der Waals surface area contributed by atoms with Crippen LogP contribution in [0.25, 0.3) is 0 Å². The van der Waals surface area contributed by atoms with Crippen molar-refractivity contribution in [2.45, 2.75) is 32.0 Å². The molecule has 158 valence electrons. The standard InChI is InChI=1S/C23H25N7O/c1-16(31)26-18-8-5-9-19(10-18)27-22-24-15-25-23(28-22)30-14-20-11-21(30)13-29(20)12-17-6-3-2-4-7-17/h2-10,15,20-21H,11-14H2,1H3,(H,26,31)(H,24,25,27,28)/t20-,21+/m0/s1. The van der Waals surface area contributed by atoms with E-state index in [1.54, 1.807) is 6.33 Å². The molecule has 2 saturated heterocycles. The van der Waals surface area contributed by atoms with E-state index in [1.807, 2.05) is 24.3 Å². The molecule has 2 aliphatic heterocycles. The Bertz CT molecular complexity index is 1070. The van der Waals surface area contributed by atoms with Crippen molar-refractivity contribution in [3.8, 4) is 0 Å². The molecule has 8 nitrogen and oxygen atoms in total. The number of nitrogens with zero attached hydrogens (tertiary/aromatic N) is 5. The van der Waals surface area contributed by atoms with Crippen molar-refractivity contribution in [1.29, 1.82) is 0 Å². The minimum atomic E-state index is -0.106. The summed E-state index contributed by atoms with van der Waals surface area (Å²) in [6, 6.07) is 19.1. The van der Waals surface area contributed by atoms with Crippen LogP contribution in [0.2, 0.25) is 0 Å². The first kappa shape index (κ1) is 19.4. The van der Waals surface area contributed by atoms with Gasteiger partial charge < -0.3 is 15.5 Å². The van der Waals surface area contributed by atoms with Gasteiger partial charge in [-0.05, 0) is 30.2 Å². The van der Waals surface area contributed by atoms with Crippen LogP contribution in [0.5, 0.6) is 0 Å². The zero-order valence-electron chi connectivity index (χ0n) is 17.4. The number of carbonyl (C=O) groups is 1. The Morgan fingerprint density at radius 2 is 1.87 bits per heavy atom. The van der Waals surface area contributed by atoms with E-state index >= 15 is 0 Å². The number of likely N-dealkylation sites (tertiary alicyclic amines) is 1. The molecule has 31 heavy (non-hydrogen) atoms. The van der Waals surface area contributed by atoms with Crippen LogP contribution in [0.15, 0.2) is 60.9 Å². The number of nitrogens with one attached hydrogen (secondary N) is 2. The maximum absolute atomic E-state index is 11.3. The van der Waals surface area contributed by atoms with E-state index in [0.717, 1.165) is 37.4 Å². The number of amides is 1. The van der Waals surface area contributed by atoms with Gasteiger partial charge in [0.2, 0.25) is 17.8 Å². The van der Waals surface area contributed by atoms with E-state index in [2.05, 4.69) is 65.7 Å². The first-order valence-corrected chi connectivity index (χ1v) is 10.5. The van der Waals surface area contributed by atoms with Crippen LogP contribution in [0.1, 0.15) is 18.9 Å². The van der Waals surface area contributed by atoms with Crippen molar-refractivity contribution in [2.24, 2.45) is 0 Å². The van der Waals surface area contributed by atoms with Crippen LogP contribution in [0, 0.1) is 0 Å². The fourth-order valence-electron chi connectivity index (χ4n) is 4.50. The summed E-state index contributed by atoms with van der Waals surface area (Å²) in [5.74, 6) is 1.10. The first-order chi connectivity index (χ1) is 15.1. The Morgan fingerprint density at radius 3 is 2.65 bits per heavy atom. The minimum absolute atomic E-state index is 0.106. The van der Waals surface area contributed by atoms with Crippen LogP contribution in [-0.4, -0.2) is 50.9 Å². The van der Waals surface area contributed by atoms with Gasteiger partial charge in [0.1, 0.15) is 6.33 Å². The lowest BCUT2D eigenvalue weighted by molar-refractivity contribution is -0.114. The molecule has 2 aliphatic rings. The summed E-state index contributed by atoms with van der Waals surface area (Å²) in [7, 11) is 0. The largest absolute Gasteiger partial charge is 0.335 e. The molecule has 3 heterocycles.